The van der Waals surface area contributed by atoms with Crippen molar-refractivity contribution in [3.63, 3.8) is 0 Å². The fourth-order valence-corrected chi connectivity index (χ4v) is 1.53. The van der Waals surface area contributed by atoms with Gasteiger partial charge >= 0.3 is 5.97 Å². The first kappa shape index (κ1) is 10.4. The highest BCUT2D eigenvalue weighted by Crippen LogP contribution is 2.29. The first-order chi connectivity index (χ1) is 7.65. The predicted octanol–water partition coefficient (Wildman–Crippen LogP) is 1.60. The van der Waals surface area contributed by atoms with Crippen LogP contribution in [-0.2, 0) is 10.4 Å². The molecule has 4 nitrogen and oxygen atoms in total. The molecule has 1 aromatic carbocycles. The van der Waals surface area contributed by atoms with Crippen molar-refractivity contribution in [2.75, 3.05) is 0 Å². The highest BCUT2D eigenvalue weighted by atomic mass is 16.4. The number of benzene rings is 1. The highest BCUT2D eigenvalue weighted by molar-refractivity contribution is 5.82. The molecule has 0 saturated carbocycles. The molecule has 2 aromatic rings. The Bertz CT molecular complexity index is 475. The highest BCUT2D eigenvalue weighted by Gasteiger charge is 2.42. The van der Waals surface area contributed by atoms with E-state index in [9.17, 15) is 9.90 Å². The monoisotopic (exact) mass is 218 g/mol. The van der Waals surface area contributed by atoms with Crippen molar-refractivity contribution in [2.45, 2.75) is 5.60 Å². The number of rotatable bonds is 3. The molecule has 0 spiro atoms. The Kier molecular flexibility index (Phi) is 2.50. The van der Waals surface area contributed by atoms with E-state index < -0.39 is 11.6 Å². The standard InChI is InChI=1S/C12H10O4/c13-11(14)12(15,10-7-4-8-16-10)9-5-2-1-3-6-9/h1-8,15H,(H,13,14)/t12-/m1/s1. The third-order valence-corrected chi connectivity index (χ3v) is 2.38. The van der Waals surface area contributed by atoms with Crippen molar-refractivity contribution in [2.24, 2.45) is 0 Å². The molecule has 0 aliphatic carbocycles. The molecular weight excluding hydrogens is 208 g/mol. The number of carboxylic acids is 1. The molecule has 0 saturated heterocycles. The van der Waals surface area contributed by atoms with Gasteiger partial charge in [-0.3, -0.25) is 0 Å². The van der Waals surface area contributed by atoms with Gasteiger partial charge in [0.1, 0.15) is 0 Å². The van der Waals surface area contributed by atoms with Gasteiger partial charge in [-0.2, -0.15) is 0 Å². The molecule has 0 radical (unpaired) electrons. The lowest BCUT2D eigenvalue weighted by molar-refractivity contribution is -0.156. The third kappa shape index (κ3) is 1.49. The van der Waals surface area contributed by atoms with E-state index in [1.165, 1.54) is 30.5 Å². The summed E-state index contributed by atoms with van der Waals surface area (Å²) in [6.45, 7) is 0. The number of hydrogen-bond donors (Lipinski definition) is 2. The van der Waals surface area contributed by atoms with Crippen LogP contribution in [0.4, 0.5) is 0 Å². The van der Waals surface area contributed by atoms with Gasteiger partial charge in [0, 0.05) is 5.56 Å². The molecule has 2 rings (SSSR count). The molecule has 0 aliphatic rings. The van der Waals surface area contributed by atoms with E-state index in [4.69, 9.17) is 9.52 Å². The van der Waals surface area contributed by atoms with Gasteiger partial charge in [-0.15, -0.1) is 0 Å². The first-order valence-corrected chi connectivity index (χ1v) is 4.71. The topological polar surface area (TPSA) is 70.7 Å². The lowest BCUT2D eigenvalue weighted by Gasteiger charge is -2.21. The van der Waals surface area contributed by atoms with Crippen LogP contribution in [0.3, 0.4) is 0 Å². The van der Waals surface area contributed by atoms with Gasteiger partial charge in [0.05, 0.1) is 6.26 Å². The Labute approximate surface area is 91.8 Å². The van der Waals surface area contributed by atoms with Gasteiger partial charge in [-0.1, -0.05) is 30.3 Å². The van der Waals surface area contributed by atoms with Crippen LogP contribution < -0.4 is 0 Å². The summed E-state index contributed by atoms with van der Waals surface area (Å²) in [5.74, 6) is -1.38. The number of furan rings is 1. The van der Waals surface area contributed by atoms with Crippen molar-refractivity contribution in [1.82, 2.24) is 0 Å². The van der Waals surface area contributed by atoms with E-state index in [1.54, 1.807) is 18.2 Å². The van der Waals surface area contributed by atoms with E-state index in [1.807, 2.05) is 0 Å². The van der Waals surface area contributed by atoms with Crippen LogP contribution in [0.5, 0.6) is 0 Å². The van der Waals surface area contributed by atoms with Crippen molar-refractivity contribution in [3.05, 3.63) is 60.1 Å². The normalized spacial score (nSPS) is 14.3. The molecule has 0 aliphatic heterocycles. The molecule has 0 unspecified atom stereocenters. The molecular formula is C12H10O4. The fraction of sp³-hybridized carbons (Fsp3) is 0.0833. The van der Waals surface area contributed by atoms with E-state index >= 15 is 0 Å². The van der Waals surface area contributed by atoms with Crippen LogP contribution in [0.1, 0.15) is 11.3 Å². The second kappa shape index (κ2) is 3.83. The average Bonchev–Trinajstić information content (AvgIpc) is 2.82. The minimum Gasteiger partial charge on any atom is -0.478 e. The maximum atomic E-state index is 11.2. The molecule has 0 amide bonds. The predicted molar refractivity (Wildman–Crippen MR) is 55.8 cm³/mol. The van der Waals surface area contributed by atoms with E-state index in [2.05, 4.69) is 0 Å². The summed E-state index contributed by atoms with van der Waals surface area (Å²) in [5, 5.41) is 19.4. The lowest BCUT2D eigenvalue weighted by Crippen LogP contribution is -2.36. The average molecular weight is 218 g/mol. The van der Waals surface area contributed by atoms with Crippen LogP contribution in [0.25, 0.3) is 0 Å². The number of aliphatic carboxylic acids is 1. The van der Waals surface area contributed by atoms with Crippen LogP contribution in [0, 0.1) is 0 Å². The van der Waals surface area contributed by atoms with Gasteiger partial charge in [-0.25, -0.2) is 4.79 Å². The molecule has 0 bridgehead atoms. The second-order valence-electron chi connectivity index (χ2n) is 3.36. The van der Waals surface area contributed by atoms with Crippen molar-refractivity contribution < 1.29 is 19.4 Å². The lowest BCUT2D eigenvalue weighted by atomic mass is 9.91. The zero-order valence-corrected chi connectivity index (χ0v) is 8.33. The first-order valence-electron chi connectivity index (χ1n) is 4.71. The van der Waals surface area contributed by atoms with Gasteiger partial charge in [0.15, 0.2) is 5.76 Å². The summed E-state index contributed by atoms with van der Waals surface area (Å²) in [5.41, 5.74) is -1.87. The molecule has 1 heterocycles. The molecule has 16 heavy (non-hydrogen) atoms. The SMILES string of the molecule is O=C(O)[C@@](O)(c1ccccc1)c1ccco1. The molecule has 82 valence electrons. The van der Waals surface area contributed by atoms with Crippen LogP contribution in [0.15, 0.2) is 53.1 Å². The maximum absolute atomic E-state index is 11.2. The van der Waals surface area contributed by atoms with Crippen molar-refractivity contribution in [3.8, 4) is 0 Å². The van der Waals surface area contributed by atoms with E-state index in [0.717, 1.165) is 0 Å². The minimum atomic E-state index is -2.13. The van der Waals surface area contributed by atoms with Crippen molar-refractivity contribution in [1.29, 1.82) is 0 Å². The number of hydrogen-bond acceptors (Lipinski definition) is 3. The van der Waals surface area contributed by atoms with E-state index in [0.29, 0.717) is 0 Å². The van der Waals surface area contributed by atoms with Gasteiger partial charge in [0.25, 0.3) is 0 Å². The summed E-state index contributed by atoms with van der Waals surface area (Å²) in [7, 11) is 0. The number of carbonyl (C=O) groups is 1. The molecule has 1 aromatic heterocycles. The Hall–Kier alpha value is -2.07. The van der Waals surface area contributed by atoms with Crippen LogP contribution in [-0.4, -0.2) is 16.2 Å². The molecule has 2 N–H and O–H groups in total. The Morgan fingerprint density at radius 2 is 1.81 bits per heavy atom. The molecule has 4 heteroatoms. The van der Waals surface area contributed by atoms with Gasteiger partial charge < -0.3 is 14.6 Å². The van der Waals surface area contributed by atoms with Crippen LogP contribution >= 0.6 is 0 Å². The number of carboxylic acid groups (broad SMARTS) is 1. The summed E-state index contributed by atoms with van der Waals surface area (Å²) in [4.78, 5) is 11.2. The van der Waals surface area contributed by atoms with E-state index in [-0.39, 0.29) is 11.3 Å². The number of aliphatic hydroxyl groups is 1. The van der Waals surface area contributed by atoms with Gasteiger partial charge in [-0.05, 0) is 12.1 Å². The summed E-state index contributed by atoms with van der Waals surface area (Å²) in [6.07, 6.45) is 1.33. The maximum Gasteiger partial charge on any atom is 0.348 e. The van der Waals surface area contributed by atoms with Crippen molar-refractivity contribution >= 4 is 5.97 Å². The zero-order chi connectivity index (χ0) is 11.6. The Morgan fingerprint density at radius 1 is 1.12 bits per heavy atom. The molecule has 0 fully saturated rings. The van der Waals surface area contributed by atoms with Crippen LogP contribution in [0.2, 0.25) is 0 Å². The van der Waals surface area contributed by atoms with Gasteiger partial charge in [0.2, 0.25) is 5.60 Å². The second-order valence-corrected chi connectivity index (χ2v) is 3.36. The summed E-state index contributed by atoms with van der Waals surface area (Å²) >= 11 is 0. The third-order valence-electron chi connectivity index (χ3n) is 2.38. The smallest absolute Gasteiger partial charge is 0.348 e. The Balaban J connectivity index is 2.58. The summed E-state index contributed by atoms with van der Waals surface area (Å²) in [6, 6.07) is 11.1. The minimum absolute atomic E-state index is 0.00815. The fourth-order valence-electron chi connectivity index (χ4n) is 1.53. The molecule has 1 atom stereocenters. The quantitative estimate of drug-likeness (QED) is 0.820. The largest absolute Gasteiger partial charge is 0.478 e. The zero-order valence-electron chi connectivity index (χ0n) is 8.33. The summed E-state index contributed by atoms with van der Waals surface area (Å²) < 4.78 is 4.98. The Morgan fingerprint density at radius 3 is 2.31 bits per heavy atom.